The Balaban J connectivity index is 1.81. The Hall–Kier alpha value is -2.44. The van der Waals surface area contributed by atoms with Gasteiger partial charge in [-0.25, -0.2) is 8.42 Å². The van der Waals surface area contributed by atoms with Gasteiger partial charge < -0.3 is 5.32 Å². The number of sulfonamides is 1. The molecule has 0 aromatic heterocycles. The van der Waals surface area contributed by atoms with Gasteiger partial charge >= 0.3 is 0 Å². The maximum absolute atomic E-state index is 13.3. The molecule has 1 N–H and O–H groups in total. The van der Waals surface area contributed by atoms with Gasteiger partial charge in [-0.2, -0.15) is 4.31 Å². The summed E-state index contributed by atoms with van der Waals surface area (Å²) >= 11 is 0. The molecule has 154 valence electrons. The second kappa shape index (κ2) is 8.51. The Morgan fingerprint density at radius 1 is 1.03 bits per heavy atom. The monoisotopic (exact) mass is 412 g/mol. The normalized spacial score (nSPS) is 20.0. The number of benzene rings is 1. The first-order valence-electron chi connectivity index (χ1n) is 9.83. The maximum atomic E-state index is 13.3. The number of rotatable bonds is 4. The van der Waals surface area contributed by atoms with Crippen molar-refractivity contribution >= 4 is 21.6 Å². The van der Waals surface area contributed by atoms with Crippen molar-refractivity contribution in [2.75, 3.05) is 18.4 Å². The van der Waals surface area contributed by atoms with Crippen molar-refractivity contribution in [1.29, 1.82) is 0 Å². The highest BCUT2D eigenvalue weighted by atomic mass is 32.2. The van der Waals surface area contributed by atoms with Crippen LogP contribution in [0.3, 0.4) is 0 Å². The Morgan fingerprint density at radius 2 is 1.69 bits per heavy atom. The average Bonchev–Trinajstić information content (AvgIpc) is 2.65. The summed E-state index contributed by atoms with van der Waals surface area (Å²) in [6.45, 7) is 7.15. The zero-order valence-corrected chi connectivity index (χ0v) is 18.0. The molecular weight excluding hydrogens is 384 g/mol. The molecule has 0 bridgehead atoms. The van der Waals surface area contributed by atoms with Crippen LogP contribution >= 0.6 is 0 Å². The minimum absolute atomic E-state index is 0.164. The van der Waals surface area contributed by atoms with Gasteiger partial charge in [0.1, 0.15) is 0 Å². The standard InChI is InChI=1S/C23H28N2O3S/c1-18-8-7-9-19(22(26)24-20-10-5-4-6-11-20)12-13-21(18)29(27,28)25-16-14-23(2,3)15-17-25/h4-13H,14-17H2,1-3H3,(H,24,26). The topological polar surface area (TPSA) is 66.5 Å². The van der Waals surface area contributed by atoms with E-state index in [1.165, 1.54) is 0 Å². The Labute approximate surface area is 173 Å². The summed E-state index contributed by atoms with van der Waals surface area (Å²) in [6.07, 6.45) is 9.93. The molecule has 1 heterocycles. The first-order chi connectivity index (χ1) is 13.7. The second-order valence-corrected chi connectivity index (χ2v) is 10.2. The van der Waals surface area contributed by atoms with E-state index in [0.717, 1.165) is 12.8 Å². The van der Waals surface area contributed by atoms with Crippen molar-refractivity contribution in [2.24, 2.45) is 5.41 Å². The Bertz CT molecular complexity index is 990. The highest BCUT2D eigenvalue weighted by Crippen LogP contribution is 2.33. The fraction of sp³-hybridized carbons (Fsp3) is 0.348. The van der Waals surface area contributed by atoms with Crippen LogP contribution in [0.15, 0.2) is 76.8 Å². The molecule has 1 saturated heterocycles. The number of para-hydroxylation sites is 1. The van der Waals surface area contributed by atoms with Crippen molar-refractivity contribution in [1.82, 2.24) is 4.31 Å². The minimum atomic E-state index is -3.62. The molecule has 1 amide bonds. The van der Waals surface area contributed by atoms with Crippen LogP contribution < -0.4 is 5.32 Å². The zero-order valence-electron chi connectivity index (χ0n) is 17.2. The van der Waals surface area contributed by atoms with Crippen molar-refractivity contribution in [3.63, 3.8) is 0 Å². The zero-order chi connectivity index (χ0) is 21.1. The smallest absolute Gasteiger partial charge is 0.255 e. The van der Waals surface area contributed by atoms with Gasteiger partial charge in [0.2, 0.25) is 10.0 Å². The van der Waals surface area contributed by atoms with E-state index in [1.807, 2.05) is 18.2 Å². The molecule has 1 fully saturated rings. The lowest BCUT2D eigenvalue weighted by atomic mass is 9.83. The van der Waals surface area contributed by atoms with Crippen LogP contribution in [0.25, 0.3) is 0 Å². The summed E-state index contributed by atoms with van der Waals surface area (Å²) < 4.78 is 28.1. The van der Waals surface area contributed by atoms with Gasteiger partial charge in [-0.05, 0) is 61.1 Å². The maximum Gasteiger partial charge on any atom is 0.255 e. The third-order valence-electron chi connectivity index (χ3n) is 5.41. The van der Waals surface area contributed by atoms with Crippen molar-refractivity contribution in [3.05, 3.63) is 76.8 Å². The van der Waals surface area contributed by atoms with E-state index in [2.05, 4.69) is 19.2 Å². The highest BCUT2D eigenvalue weighted by Gasteiger charge is 2.33. The van der Waals surface area contributed by atoms with E-state index >= 15 is 0 Å². The third-order valence-corrected chi connectivity index (χ3v) is 7.47. The lowest BCUT2D eigenvalue weighted by Crippen LogP contribution is -2.41. The third kappa shape index (κ3) is 5.14. The SMILES string of the molecule is CC1=C(S(=O)(=O)N2CCC(C)(C)CC2)C=CC(C(=O)Nc2ccccc2)=CC=C1. The van der Waals surface area contributed by atoms with Gasteiger partial charge in [-0.1, -0.05) is 44.2 Å². The highest BCUT2D eigenvalue weighted by molar-refractivity contribution is 7.93. The van der Waals surface area contributed by atoms with Crippen molar-refractivity contribution < 1.29 is 13.2 Å². The molecule has 5 nitrogen and oxygen atoms in total. The number of amides is 1. The first kappa shape index (κ1) is 21.3. The first-order valence-corrected chi connectivity index (χ1v) is 11.3. The number of carbonyl (C=O) groups is 1. The van der Waals surface area contributed by atoms with E-state index in [-0.39, 0.29) is 16.2 Å². The summed E-state index contributed by atoms with van der Waals surface area (Å²) in [5, 5.41) is 2.83. The number of nitrogens with one attached hydrogen (secondary N) is 1. The van der Waals surface area contributed by atoms with Crippen LogP contribution in [0.4, 0.5) is 5.69 Å². The van der Waals surface area contributed by atoms with Crippen molar-refractivity contribution in [3.8, 4) is 0 Å². The molecule has 0 unspecified atom stereocenters. The summed E-state index contributed by atoms with van der Waals surface area (Å²) in [5.41, 5.74) is 1.90. The molecule has 29 heavy (non-hydrogen) atoms. The number of hydrogen-bond acceptors (Lipinski definition) is 3. The number of anilines is 1. The molecule has 3 rings (SSSR count). The van der Waals surface area contributed by atoms with Gasteiger partial charge in [-0.3, -0.25) is 4.79 Å². The van der Waals surface area contributed by atoms with Crippen LogP contribution in [-0.4, -0.2) is 31.7 Å². The molecule has 2 aliphatic rings. The number of carbonyl (C=O) groups excluding carboxylic acids is 1. The predicted octanol–water partition coefficient (Wildman–Crippen LogP) is 4.40. The van der Waals surface area contributed by atoms with Crippen LogP contribution in [0.1, 0.15) is 33.6 Å². The van der Waals surface area contributed by atoms with E-state index in [4.69, 9.17) is 0 Å². The van der Waals surface area contributed by atoms with Crippen molar-refractivity contribution in [2.45, 2.75) is 33.6 Å². The average molecular weight is 413 g/mol. The van der Waals surface area contributed by atoms with Crippen LogP contribution in [0, 0.1) is 5.41 Å². The molecule has 0 radical (unpaired) electrons. The van der Waals surface area contributed by atoms with E-state index in [9.17, 15) is 13.2 Å². The van der Waals surface area contributed by atoms with Gasteiger partial charge in [0.15, 0.2) is 0 Å². The molecule has 1 aliphatic heterocycles. The van der Waals surface area contributed by atoms with Gasteiger partial charge in [0.05, 0.1) is 4.91 Å². The number of hydrogen-bond donors (Lipinski definition) is 1. The van der Waals surface area contributed by atoms with Gasteiger partial charge in [0.25, 0.3) is 5.91 Å². The lowest BCUT2D eigenvalue weighted by Gasteiger charge is -2.36. The fourth-order valence-corrected chi connectivity index (χ4v) is 5.02. The molecule has 1 aliphatic carbocycles. The number of nitrogens with zero attached hydrogens (tertiary/aromatic N) is 1. The largest absolute Gasteiger partial charge is 0.322 e. The van der Waals surface area contributed by atoms with Gasteiger partial charge in [-0.15, -0.1) is 0 Å². The quantitative estimate of drug-likeness (QED) is 0.797. The van der Waals surface area contributed by atoms with Crippen LogP contribution in [-0.2, 0) is 14.8 Å². The Kier molecular flexibility index (Phi) is 6.24. The number of piperidine rings is 1. The molecule has 1 aromatic carbocycles. The van der Waals surface area contributed by atoms with Crippen LogP contribution in [0.2, 0.25) is 0 Å². The molecule has 1 aromatic rings. The molecular formula is C23H28N2O3S. The Morgan fingerprint density at radius 3 is 2.34 bits per heavy atom. The second-order valence-electron chi connectivity index (χ2n) is 8.25. The number of allylic oxidation sites excluding steroid dienone is 5. The van der Waals surface area contributed by atoms with E-state index < -0.39 is 10.0 Å². The molecule has 0 atom stereocenters. The summed E-state index contributed by atoms with van der Waals surface area (Å²) in [6, 6.07) is 9.17. The predicted molar refractivity (Wildman–Crippen MR) is 118 cm³/mol. The van der Waals surface area contributed by atoms with Gasteiger partial charge in [0, 0.05) is 24.4 Å². The minimum Gasteiger partial charge on any atom is -0.322 e. The molecule has 0 spiro atoms. The summed E-state index contributed by atoms with van der Waals surface area (Å²) in [7, 11) is -3.62. The lowest BCUT2D eigenvalue weighted by molar-refractivity contribution is -0.112. The molecule has 0 saturated carbocycles. The molecule has 6 heteroatoms. The summed E-state index contributed by atoms with van der Waals surface area (Å²) in [4.78, 5) is 12.8. The fourth-order valence-electron chi connectivity index (χ4n) is 3.37. The van der Waals surface area contributed by atoms with Crippen LogP contribution in [0.5, 0.6) is 0 Å². The summed E-state index contributed by atoms with van der Waals surface area (Å²) in [5.74, 6) is -0.284. The van der Waals surface area contributed by atoms with E-state index in [1.54, 1.807) is 53.7 Å². The van der Waals surface area contributed by atoms with E-state index in [0.29, 0.717) is 29.9 Å².